The van der Waals surface area contributed by atoms with Crippen molar-refractivity contribution in [3.05, 3.63) is 57.8 Å². The van der Waals surface area contributed by atoms with Crippen LogP contribution < -0.4 is 4.74 Å². The van der Waals surface area contributed by atoms with Gasteiger partial charge in [-0.15, -0.1) is 0 Å². The summed E-state index contributed by atoms with van der Waals surface area (Å²) in [6.45, 7) is -0.0975. The van der Waals surface area contributed by atoms with Crippen LogP contribution in [0.4, 0.5) is 8.78 Å². The van der Waals surface area contributed by atoms with Gasteiger partial charge in [-0.1, -0.05) is 23.2 Å². The van der Waals surface area contributed by atoms with Gasteiger partial charge < -0.3 is 4.74 Å². The van der Waals surface area contributed by atoms with Crippen LogP contribution in [0.25, 0.3) is 0 Å². The predicted octanol–water partition coefficient (Wildman–Crippen LogP) is 4.25. The summed E-state index contributed by atoms with van der Waals surface area (Å²) in [6, 6.07) is 6.02. The third kappa shape index (κ3) is 3.09. The van der Waals surface area contributed by atoms with Crippen molar-refractivity contribution in [3.63, 3.8) is 0 Å². The summed E-state index contributed by atoms with van der Waals surface area (Å²) in [5.41, 5.74) is 0.354. The first-order valence-electron chi connectivity index (χ1n) is 4.95. The van der Waals surface area contributed by atoms with E-state index in [0.29, 0.717) is 10.7 Å². The first-order chi connectivity index (χ1) is 8.56. The lowest BCUT2D eigenvalue weighted by molar-refractivity contribution is 0.284. The van der Waals surface area contributed by atoms with Gasteiger partial charge >= 0.3 is 0 Å². The number of halogens is 4. The van der Waals surface area contributed by atoms with E-state index in [0.717, 1.165) is 18.2 Å². The quantitative estimate of drug-likeness (QED) is 0.788. The summed E-state index contributed by atoms with van der Waals surface area (Å²) in [5, 5.41) is 0.592. The van der Waals surface area contributed by atoms with Crippen LogP contribution in [0.3, 0.4) is 0 Å². The van der Waals surface area contributed by atoms with E-state index in [-0.39, 0.29) is 17.5 Å². The summed E-state index contributed by atoms with van der Waals surface area (Å²) >= 11 is 11.6. The molecule has 0 aliphatic rings. The Bertz CT molecular complexity index is 526. The molecule has 0 spiro atoms. The number of rotatable bonds is 3. The van der Waals surface area contributed by atoms with E-state index in [1.165, 1.54) is 6.07 Å². The lowest BCUT2D eigenvalue weighted by Gasteiger charge is -2.08. The van der Waals surface area contributed by atoms with E-state index in [1.54, 1.807) is 6.07 Å². The molecule has 0 saturated heterocycles. The Labute approximate surface area is 112 Å². The van der Waals surface area contributed by atoms with Gasteiger partial charge in [-0.25, -0.2) is 13.8 Å². The highest BCUT2D eigenvalue weighted by Gasteiger charge is 2.08. The number of pyridine rings is 1. The summed E-state index contributed by atoms with van der Waals surface area (Å²) in [7, 11) is 0. The minimum atomic E-state index is -0.658. The summed E-state index contributed by atoms with van der Waals surface area (Å²) < 4.78 is 31.3. The van der Waals surface area contributed by atoms with Crippen LogP contribution in [-0.4, -0.2) is 4.98 Å². The van der Waals surface area contributed by atoms with E-state index in [2.05, 4.69) is 4.98 Å². The zero-order chi connectivity index (χ0) is 13.1. The van der Waals surface area contributed by atoms with Crippen molar-refractivity contribution in [1.82, 2.24) is 4.98 Å². The maximum absolute atomic E-state index is 13.3. The van der Waals surface area contributed by atoms with Crippen molar-refractivity contribution in [2.75, 3.05) is 0 Å². The molecule has 0 aliphatic heterocycles. The molecule has 18 heavy (non-hydrogen) atoms. The topological polar surface area (TPSA) is 22.1 Å². The molecule has 0 N–H and O–H groups in total. The lowest BCUT2D eigenvalue weighted by atomic mass is 10.3. The highest BCUT2D eigenvalue weighted by molar-refractivity contribution is 6.32. The molecule has 0 fully saturated rings. The molecule has 0 saturated carbocycles. The number of nitrogens with zero attached hydrogens (tertiary/aromatic N) is 1. The van der Waals surface area contributed by atoms with Crippen LogP contribution in [-0.2, 0) is 6.61 Å². The Morgan fingerprint density at radius 1 is 1.11 bits per heavy atom. The Morgan fingerprint density at radius 3 is 2.67 bits per heavy atom. The maximum Gasteiger partial charge on any atom is 0.165 e. The van der Waals surface area contributed by atoms with Gasteiger partial charge in [0.2, 0.25) is 0 Å². The lowest BCUT2D eigenvalue weighted by Crippen LogP contribution is -2.01. The number of aromatic nitrogens is 1. The fourth-order valence-corrected chi connectivity index (χ4v) is 1.62. The molecule has 2 nitrogen and oxygen atoms in total. The molecule has 0 amide bonds. The minimum absolute atomic E-state index is 0.0975. The Kier molecular flexibility index (Phi) is 3.99. The zero-order valence-electron chi connectivity index (χ0n) is 8.96. The van der Waals surface area contributed by atoms with Crippen LogP contribution in [0.1, 0.15) is 5.69 Å². The van der Waals surface area contributed by atoms with E-state index in [9.17, 15) is 8.78 Å². The molecule has 0 unspecified atom stereocenters. The largest absolute Gasteiger partial charge is 0.484 e. The Balaban J connectivity index is 2.16. The molecular formula is C12H7Cl2F2NO. The van der Waals surface area contributed by atoms with Gasteiger partial charge in [-0.3, -0.25) is 0 Å². The van der Waals surface area contributed by atoms with Crippen LogP contribution >= 0.6 is 23.2 Å². The molecule has 0 atom stereocenters. The van der Waals surface area contributed by atoms with Crippen LogP contribution in [0.15, 0.2) is 30.3 Å². The molecule has 2 rings (SSSR count). The monoisotopic (exact) mass is 289 g/mol. The third-order valence-electron chi connectivity index (χ3n) is 2.14. The number of benzene rings is 1. The normalized spacial score (nSPS) is 10.4. The van der Waals surface area contributed by atoms with Crippen molar-refractivity contribution in [1.29, 1.82) is 0 Å². The smallest absolute Gasteiger partial charge is 0.165 e. The van der Waals surface area contributed by atoms with E-state index < -0.39 is 11.6 Å². The molecule has 0 aliphatic carbocycles. The van der Waals surface area contributed by atoms with Crippen LogP contribution in [0.2, 0.25) is 10.2 Å². The molecule has 2 aromatic rings. The van der Waals surface area contributed by atoms with Crippen molar-refractivity contribution in [2.24, 2.45) is 0 Å². The highest BCUT2D eigenvalue weighted by atomic mass is 35.5. The van der Waals surface area contributed by atoms with Gasteiger partial charge in [-0.2, -0.15) is 0 Å². The fraction of sp³-hybridized carbons (Fsp3) is 0.0833. The molecule has 1 heterocycles. The van der Waals surface area contributed by atoms with Gasteiger partial charge in [0.25, 0.3) is 0 Å². The maximum atomic E-state index is 13.3. The second-order valence-electron chi connectivity index (χ2n) is 3.43. The van der Waals surface area contributed by atoms with Gasteiger partial charge in [0.1, 0.15) is 17.6 Å². The summed E-state index contributed by atoms with van der Waals surface area (Å²) in [6.07, 6.45) is 0. The van der Waals surface area contributed by atoms with Crippen LogP contribution in [0, 0.1) is 11.6 Å². The van der Waals surface area contributed by atoms with Gasteiger partial charge in [-0.05, 0) is 24.3 Å². The van der Waals surface area contributed by atoms with E-state index >= 15 is 0 Å². The molecule has 1 aromatic heterocycles. The number of ether oxygens (including phenoxy) is 1. The molecule has 1 aromatic carbocycles. The number of hydrogen-bond donors (Lipinski definition) is 0. The van der Waals surface area contributed by atoms with Crippen molar-refractivity contribution >= 4 is 23.2 Å². The molecular weight excluding hydrogens is 283 g/mol. The fourth-order valence-electron chi connectivity index (χ4n) is 1.29. The molecule has 6 heteroatoms. The van der Waals surface area contributed by atoms with Gasteiger partial charge in [0.15, 0.2) is 11.6 Å². The summed E-state index contributed by atoms with van der Waals surface area (Å²) in [5.74, 6) is -1.45. The average molecular weight is 290 g/mol. The minimum Gasteiger partial charge on any atom is -0.484 e. The molecule has 0 radical (unpaired) electrons. The first-order valence-corrected chi connectivity index (χ1v) is 5.70. The van der Waals surface area contributed by atoms with Crippen LogP contribution in [0.5, 0.6) is 5.75 Å². The zero-order valence-corrected chi connectivity index (χ0v) is 10.5. The van der Waals surface area contributed by atoms with Gasteiger partial charge in [0.05, 0.1) is 10.7 Å². The molecule has 0 bridgehead atoms. The van der Waals surface area contributed by atoms with Gasteiger partial charge in [0, 0.05) is 6.07 Å². The standard InChI is InChI=1S/C12H7Cl2F2NO/c13-8-2-4-12(14)17-10(8)6-18-11-5-7(15)1-3-9(11)16/h1-5H,6H2. The second-order valence-corrected chi connectivity index (χ2v) is 4.22. The predicted molar refractivity (Wildman–Crippen MR) is 64.9 cm³/mol. The Morgan fingerprint density at radius 2 is 1.89 bits per heavy atom. The van der Waals surface area contributed by atoms with E-state index in [4.69, 9.17) is 27.9 Å². The second kappa shape index (κ2) is 5.50. The van der Waals surface area contributed by atoms with Crippen molar-refractivity contribution in [3.8, 4) is 5.75 Å². The van der Waals surface area contributed by atoms with Crippen molar-refractivity contribution in [2.45, 2.75) is 6.61 Å². The van der Waals surface area contributed by atoms with E-state index in [1.807, 2.05) is 0 Å². The van der Waals surface area contributed by atoms with Crippen molar-refractivity contribution < 1.29 is 13.5 Å². The number of hydrogen-bond acceptors (Lipinski definition) is 2. The highest BCUT2D eigenvalue weighted by Crippen LogP contribution is 2.22. The molecule has 94 valence electrons. The SMILES string of the molecule is Fc1ccc(F)c(OCc2nc(Cl)ccc2Cl)c1. The Hall–Kier alpha value is -1.39. The third-order valence-corrected chi connectivity index (χ3v) is 2.70. The first kappa shape index (κ1) is 13.1. The average Bonchev–Trinajstić information content (AvgIpc) is 2.34. The summed E-state index contributed by atoms with van der Waals surface area (Å²) in [4.78, 5) is 3.93.